The number of rotatable bonds is 3. The first-order valence-corrected chi connectivity index (χ1v) is 11.3. The van der Waals surface area contributed by atoms with Crippen LogP contribution in [0.1, 0.15) is 34.5 Å². The van der Waals surface area contributed by atoms with Crippen molar-refractivity contribution in [1.29, 1.82) is 0 Å². The number of nitrogens with zero attached hydrogens (tertiary/aromatic N) is 2. The summed E-state index contributed by atoms with van der Waals surface area (Å²) in [6.45, 7) is 1.14. The van der Waals surface area contributed by atoms with Gasteiger partial charge in [-0.2, -0.15) is 0 Å². The van der Waals surface area contributed by atoms with Crippen molar-refractivity contribution in [3.05, 3.63) is 94.2 Å². The second-order valence-corrected chi connectivity index (χ2v) is 8.52. The van der Waals surface area contributed by atoms with Crippen LogP contribution in [0, 0.1) is 17.8 Å². The van der Waals surface area contributed by atoms with Gasteiger partial charge in [-0.3, -0.25) is 9.59 Å². The summed E-state index contributed by atoms with van der Waals surface area (Å²) in [5.74, 6) is 5.98. The minimum absolute atomic E-state index is 0.00976. The molecule has 2 amide bonds. The van der Waals surface area contributed by atoms with Crippen LogP contribution in [0.25, 0.3) is 0 Å². The second kappa shape index (κ2) is 10.3. The van der Waals surface area contributed by atoms with Gasteiger partial charge in [0.2, 0.25) is 5.91 Å². The van der Waals surface area contributed by atoms with Gasteiger partial charge in [-0.1, -0.05) is 34.0 Å². The third-order valence-electron chi connectivity index (χ3n) is 5.37. The lowest BCUT2D eigenvalue weighted by atomic mass is 9.95. The molecular weight excluding hydrogens is 466 g/mol. The fraction of sp³-hybridized carbons (Fsp3) is 0.192. The molecule has 0 atom stereocenters. The highest BCUT2D eigenvalue weighted by molar-refractivity contribution is 9.10. The van der Waals surface area contributed by atoms with Crippen LogP contribution in [0.5, 0.6) is 0 Å². The zero-order valence-corrected chi connectivity index (χ0v) is 19.0. The van der Waals surface area contributed by atoms with Gasteiger partial charge in [0, 0.05) is 46.5 Å². The number of pyridine rings is 1. The van der Waals surface area contributed by atoms with Gasteiger partial charge >= 0.3 is 0 Å². The van der Waals surface area contributed by atoms with E-state index in [0.717, 1.165) is 15.7 Å². The van der Waals surface area contributed by atoms with Crippen molar-refractivity contribution in [2.75, 3.05) is 18.4 Å². The minimum Gasteiger partial charge on any atom is -0.339 e. The van der Waals surface area contributed by atoms with Crippen molar-refractivity contribution < 1.29 is 9.59 Å². The quantitative estimate of drug-likeness (QED) is 0.542. The Hall–Kier alpha value is -3.43. The molecule has 1 saturated heterocycles. The molecule has 1 aliphatic heterocycles. The Morgan fingerprint density at radius 3 is 2.47 bits per heavy atom. The number of nitrogens with one attached hydrogen (secondary N) is 1. The number of carbonyl (C=O) groups is 2. The van der Waals surface area contributed by atoms with E-state index in [1.165, 1.54) is 0 Å². The largest absolute Gasteiger partial charge is 0.339 e. The SMILES string of the molecule is O=C(Nc1cccc(C#Cc2ccccn2)c1)C1CCN(C(=O)c2ccc(Br)cc2)CC1. The number of hydrogen-bond acceptors (Lipinski definition) is 3. The molecule has 3 aromatic rings. The standard InChI is InChI=1S/C26H22BrN3O2/c27-22-10-8-21(9-11-22)26(32)30-16-13-20(14-17-30)25(31)29-24-6-3-4-19(18-24)7-12-23-5-1-2-15-28-23/h1-6,8-11,15,18,20H,13-14,16-17H2,(H,29,31). The summed E-state index contributed by atoms with van der Waals surface area (Å²) in [6.07, 6.45) is 3.00. The Bertz CT molecular complexity index is 1160. The lowest BCUT2D eigenvalue weighted by Gasteiger charge is -2.31. The van der Waals surface area contributed by atoms with E-state index in [-0.39, 0.29) is 17.7 Å². The zero-order chi connectivity index (χ0) is 22.3. The second-order valence-electron chi connectivity index (χ2n) is 7.61. The summed E-state index contributed by atoms with van der Waals surface area (Å²) in [4.78, 5) is 31.5. The van der Waals surface area contributed by atoms with E-state index in [4.69, 9.17) is 0 Å². The summed E-state index contributed by atoms with van der Waals surface area (Å²) in [7, 11) is 0. The summed E-state index contributed by atoms with van der Waals surface area (Å²) < 4.78 is 0.941. The van der Waals surface area contributed by atoms with Crippen LogP contribution in [-0.4, -0.2) is 34.8 Å². The maximum atomic E-state index is 12.8. The van der Waals surface area contributed by atoms with Crippen LogP contribution in [0.15, 0.2) is 77.4 Å². The maximum absolute atomic E-state index is 12.8. The van der Waals surface area contributed by atoms with Gasteiger partial charge in [-0.05, 0) is 73.4 Å². The number of hydrogen-bond donors (Lipinski definition) is 1. The molecule has 0 bridgehead atoms. The van der Waals surface area contributed by atoms with Gasteiger partial charge in [0.25, 0.3) is 5.91 Å². The number of amides is 2. The Balaban J connectivity index is 1.33. The van der Waals surface area contributed by atoms with Crippen molar-refractivity contribution in [1.82, 2.24) is 9.88 Å². The third-order valence-corrected chi connectivity index (χ3v) is 5.90. The number of halogens is 1. The first-order chi connectivity index (χ1) is 15.6. The molecule has 5 nitrogen and oxygen atoms in total. The molecule has 1 fully saturated rings. The monoisotopic (exact) mass is 487 g/mol. The highest BCUT2D eigenvalue weighted by Gasteiger charge is 2.27. The number of anilines is 1. The van der Waals surface area contributed by atoms with E-state index in [1.54, 1.807) is 6.20 Å². The molecule has 0 saturated carbocycles. The number of piperidine rings is 1. The van der Waals surface area contributed by atoms with Crippen molar-refractivity contribution in [3.63, 3.8) is 0 Å². The number of aromatic nitrogens is 1. The summed E-state index contributed by atoms with van der Waals surface area (Å²) >= 11 is 3.39. The van der Waals surface area contributed by atoms with E-state index >= 15 is 0 Å². The van der Waals surface area contributed by atoms with Crippen molar-refractivity contribution in [2.45, 2.75) is 12.8 Å². The van der Waals surface area contributed by atoms with E-state index in [2.05, 4.69) is 38.1 Å². The topological polar surface area (TPSA) is 62.3 Å². The molecule has 2 heterocycles. The zero-order valence-electron chi connectivity index (χ0n) is 17.4. The predicted molar refractivity (Wildman–Crippen MR) is 128 cm³/mol. The fourth-order valence-corrected chi connectivity index (χ4v) is 3.88. The molecule has 1 aromatic heterocycles. The molecule has 160 valence electrons. The van der Waals surface area contributed by atoms with Crippen LogP contribution < -0.4 is 5.32 Å². The highest BCUT2D eigenvalue weighted by atomic mass is 79.9. The summed E-state index contributed by atoms with van der Waals surface area (Å²) in [5.41, 5.74) is 2.89. The van der Waals surface area contributed by atoms with E-state index in [9.17, 15) is 9.59 Å². The molecule has 32 heavy (non-hydrogen) atoms. The van der Waals surface area contributed by atoms with Gasteiger partial charge < -0.3 is 10.2 Å². The van der Waals surface area contributed by atoms with Crippen LogP contribution in [0.2, 0.25) is 0 Å². The first kappa shape index (κ1) is 21.8. The smallest absolute Gasteiger partial charge is 0.253 e. The molecule has 4 rings (SSSR count). The Morgan fingerprint density at radius 2 is 1.75 bits per heavy atom. The van der Waals surface area contributed by atoms with Crippen molar-refractivity contribution >= 4 is 33.4 Å². The van der Waals surface area contributed by atoms with Gasteiger partial charge in [0.15, 0.2) is 0 Å². The normalized spacial score (nSPS) is 13.7. The average Bonchev–Trinajstić information content (AvgIpc) is 2.84. The minimum atomic E-state index is -0.118. The van der Waals surface area contributed by atoms with E-state index in [0.29, 0.717) is 37.2 Å². The average molecular weight is 488 g/mol. The Labute approximate surface area is 196 Å². The number of carbonyl (C=O) groups excluding carboxylic acids is 2. The predicted octanol–water partition coefficient (Wildman–Crippen LogP) is 4.73. The maximum Gasteiger partial charge on any atom is 0.253 e. The third kappa shape index (κ3) is 5.63. The Kier molecular flexibility index (Phi) is 6.98. The molecule has 1 N–H and O–H groups in total. The number of benzene rings is 2. The number of likely N-dealkylation sites (tertiary alicyclic amines) is 1. The summed E-state index contributed by atoms with van der Waals surface area (Å²) in [6, 6.07) is 20.4. The molecule has 0 spiro atoms. The van der Waals surface area contributed by atoms with E-state index in [1.807, 2.05) is 71.6 Å². The van der Waals surface area contributed by atoms with E-state index < -0.39 is 0 Å². The van der Waals surface area contributed by atoms with Gasteiger partial charge in [0.05, 0.1) is 0 Å². The molecule has 2 aromatic carbocycles. The molecular formula is C26H22BrN3O2. The molecule has 0 unspecified atom stereocenters. The van der Waals surface area contributed by atoms with Gasteiger partial charge in [-0.15, -0.1) is 0 Å². The van der Waals surface area contributed by atoms with Crippen LogP contribution in [-0.2, 0) is 4.79 Å². The van der Waals surface area contributed by atoms with Crippen LogP contribution in [0.3, 0.4) is 0 Å². The van der Waals surface area contributed by atoms with Gasteiger partial charge in [0.1, 0.15) is 5.69 Å². The summed E-state index contributed by atoms with van der Waals surface area (Å²) in [5, 5.41) is 3.00. The highest BCUT2D eigenvalue weighted by Crippen LogP contribution is 2.22. The molecule has 0 radical (unpaired) electrons. The lowest BCUT2D eigenvalue weighted by Crippen LogP contribution is -2.41. The van der Waals surface area contributed by atoms with Gasteiger partial charge in [-0.25, -0.2) is 4.98 Å². The molecule has 6 heteroatoms. The van der Waals surface area contributed by atoms with Crippen molar-refractivity contribution in [3.8, 4) is 11.8 Å². The Morgan fingerprint density at radius 1 is 0.969 bits per heavy atom. The lowest BCUT2D eigenvalue weighted by molar-refractivity contribution is -0.121. The molecule has 1 aliphatic rings. The van der Waals surface area contributed by atoms with Crippen molar-refractivity contribution in [2.24, 2.45) is 5.92 Å². The fourth-order valence-electron chi connectivity index (χ4n) is 3.61. The molecule has 0 aliphatic carbocycles. The first-order valence-electron chi connectivity index (χ1n) is 10.5. The van der Waals surface area contributed by atoms with Crippen LogP contribution in [0.4, 0.5) is 5.69 Å². The van der Waals surface area contributed by atoms with Crippen LogP contribution >= 0.6 is 15.9 Å².